The molecule has 0 amide bonds. The number of rotatable bonds is 2. The highest BCUT2D eigenvalue weighted by molar-refractivity contribution is 6.01. The van der Waals surface area contributed by atoms with E-state index in [1.165, 1.54) is 0 Å². The first-order valence-electron chi connectivity index (χ1n) is 6.31. The Bertz CT molecular complexity index is 484. The van der Waals surface area contributed by atoms with Crippen LogP contribution in [0.25, 0.3) is 0 Å². The normalized spacial score (nSPS) is 32.2. The van der Waals surface area contributed by atoms with Crippen LogP contribution in [0.15, 0.2) is 23.3 Å². The van der Waals surface area contributed by atoms with Gasteiger partial charge in [-0.3, -0.25) is 14.4 Å². The fraction of sp³-hybridized carbons (Fsp3) is 0.533. The first-order chi connectivity index (χ1) is 8.40. The topological polar surface area (TPSA) is 51.2 Å². The Morgan fingerprint density at radius 3 is 2.67 bits per heavy atom. The van der Waals surface area contributed by atoms with E-state index in [4.69, 9.17) is 0 Å². The van der Waals surface area contributed by atoms with Crippen LogP contribution >= 0.6 is 0 Å². The van der Waals surface area contributed by atoms with Crippen molar-refractivity contribution in [2.75, 3.05) is 0 Å². The number of aldehydes is 1. The average Bonchev–Trinajstić information content (AvgIpc) is 2.36. The maximum Gasteiger partial charge on any atom is 0.158 e. The lowest BCUT2D eigenvalue weighted by Gasteiger charge is -2.42. The van der Waals surface area contributed by atoms with Crippen LogP contribution in [0.1, 0.15) is 39.5 Å². The number of allylic oxidation sites excluding steroid dienone is 3. The summed E-state index contributed by atoms with van der Waals surface area (Å²) in [6, 6.07) is 0. The van der Waals surface area contributed by atoms with Crippen LogP contribution in [-0.2, 0) is 14.4 Å². The van der Waals surface area contributed by atoms with Crippen molar-refractivity contribution in [3.05, 3.63) is 23.3 Å². The summed E-state index contributed by atoms with van der Waals surface area (Å²) in [5.74, 6) is 0.148. The number of fused-ring (bicyclic) bond motifs is 1. The molecule has 0 aromatic carbocycles. The van der Waals surface area contributed by atoms with E-state index in [1.54, 1.807) is 6.92 Å². The van der Waals surface area contributed by atoms with Crippen molar-refractivity contribution >= 4 is 17.9 Å². The molecule has 2 atom stereocenters. The summed E-state index contributed by atoms with van der Waals surface area (Å²) < 4.78 is 0. The molecule has 2 aliphatic rings. The summed E-state index contributed by atoms with van der Waals surface area (Å²) in [7, 11) is 0. The molecular weight excluding hydrogens is 228 g/mol. The fourth-order valence-electron chi connectivity index (χ4n) is 3.10. The SMILES string of the molecule is C=C(C=O)[C@@H]1CC(=O)[C@@]2(C)CCC(=O)C(C)=C2C1. The van der Waals surface area contributed by atoms with Crippen molar-refractivity contribution in [2.24, 2.45) is 11.3 Å². The van der Waals surface area contributed by atoms with E-state index in [0.717, 1.165) is 17.4 Å². The van der Waals surface area contributed by atoms with Crippen LogP contribution < -0.4 is 0 Å². The molecule has 1 fully saturated rings. The summed E-state index contributed by atoms with van der Waals surface area (Å²) in [4.78, 5) is 34.9. The molecule has 0 aromatic heterocycles. The number of carbonyl (C=O) groups excluding carboxylic acids is 3. The summed E-state index contributed by atoms with van der Waals surface area (Å²) in [6.45, 7) is 7.44. The van der Waals surface area contributed by atoms with Gasteiger partial charge in [0.1, 0.15) is 12.1 Å². The monoisotopic (exact) mass is 246 g/mol. The first kappa shape index (κ1) is 12.9. The molecule has 2 aliphatic carbocycles. The second-order valence-corrected chi connectivity index (χ2v) is 5.58. The highest BCUT2D eigenvalue weighted by Gasteiger charge is 2.46. The second kappa shape index (κ2) is 4.30. The van der Waals surface area contributed by atoms with Gasteiger partial charge in [-0.15, -0.1) is 0 Å². The minimum Gasteiger partial charge on any atom is -0.299 e. The minimum absolute atomic E-state index is 0.126. The van der Waals surface area contributed by atoms with Gasteiger partial charge in [0.25, 0.3) is 0 Å². The Morgan fingerprint density at radius 1 is 1.39 bits per heavy atom. The van der Waals surface area contributed by atoms with E-state index in [2.05, 4.69) is 6.58 Å². The van der Waals surface area contributed by atoms with Gasteiger partial charge in [-0.05, 0) is 49.3 Å². The Balaban J connectivity index is 2.44. The Kier molecular flexibility index (Phi) is 3.09. The zero-order valence-electron chi connectivity index (χ0n) is 10.9. The fourth-order valence-corrected chi connectivity index (χ4v) is 3.10. The lowest BCUT2D eigenvalue weighted by Crippen LogP contribution is -2.41. The van der Waals surface area contributed by atoms with Gasteiger partial charge >= 0.3 is 0 Å². The number of carbonyl (C=O) groups is 3. The van der Waals surface area contributed by atoms with Crippen molar-refractivity contribution < 1.29 is 14.4 Å². The lowest BCUT2D eigenvalue weighted by molar-refractivity contribution is -0.130. The van der Waals surface area contributed by atoms with Crippen LogP contribution in [0.2, 0.25) is 0 Å². The van der Waals surface area contributed by atoms with Crippen molar-refractivity contribution in [1.82, 2.24) is 0 Å². The van der Waals surface area contributed by atoms with Gasteiger partial charge in [0.15, 0.2) is 5.78 Å². The molecule has 96 valence electrons. The molecule has 2 rings (SSSR count). The van der Waals surface area contributed by atoms with E-state index >= 15 is 0 Å². The van der Waals surface area contributed by atoms with Crippen molar-refractivity contribution in [1.29, 1.82) is 0 Å². The third-order valence-corrected chi connectivity index (χ3v) is 4.56. The van der Waals surface area contributed by atoms with E-state index < -0.39 is 5.41 Å². The van der Waals surface area contributed by atoms with Gasteiger partial charge in [-0.25, -0.2) is 0 Å². The van der Waals surface area contributed by atoms with Crippen molar-refractivity contribution in [3.63, 3.8) is 0 Å². The largest absolute Gasteiger partial charge is 0.299 e. The molecular formula is C15H18O3. The molecule has 3 nitrogen and oxygen atoms in total. The quantitative estimate of drug-likeness (QED) is 0.555. The molecule has 0 bridgehead atoms. The zero-order chi connectivity index (χ0) is 13.5. The summed E-state index contributed by atoms with van der Waals surface area (Å²) in [6.07, 6.45) is 2.78. The maximum absolute atomic E-state index is 12.3. The van der Waals surface area contributed by atoms with Gasteiger partial charge in [0.2, 0.25) is 0 Å². The van der Waals surface area contributed by atoms with Crippen molar-refractivity contribution in [3.8, 4) is 0 Å². The smallest absolute Gasteiger partial charge is 0.158 e. The van der Waals surface area contributed by atoms with Gasteiger partial charge in [-0.2, -0.15) is 0 Å². The molecule has 1 saturated carbocycles. The summed E-state index contributed by atoms with van der Waals surface area (Å²) in [5, 5.41) is 0. The first-order valence-corrected chi connectivity index (χ1v) is 6.31. The molecule has 0 unspecified atom stereocenters. The van der Waals surface area contributed by atoms with Crippen LogP contribution in [-0.4, -0.2) is 17.9 Å². The molecule has 18 heavy (non-hydrogen) atoms. The molecule has 3 heteroatoms. The summed E-state index contributed by atoms with van der Waals surface area (Å²) >= 11 is 0. The zero-order valence-corrected chi connectivity index (χ0v) is 10.9. The molecule has 0 heterocycles. The predicted octanol–water partition coefficient (Wildman–Crippen LogP) is 2.41. The predicted molar refractivity (Wildman–Crippen MR) is 68.0 cm³/mol. The standard InChI is InChI=1S/C15H18O3/c1-9(8-16)11-6-12-10(2)13(17)4-5-15(12,3)14(18)7-11/h8,11H,1,4-7H2,2-3H3/t11-,15-/m0/s1. The van der Waals surface area contributed by atoms with Gasteiger partial charge in [0.05, 0.1) is 0 Å². The van der Waals surface area contributed by atoms with Gasteiger partial charge < -0.3 is 0 Å². The highest BCUT2D eigenvalue weighted by atomic mass is 16.1. The number of hydrogen-bond donors (Lipinski definition) is 0. The molecule has 0 N–H and O–H groups in total. The number of ketones is 2. The second-order valence-electron chi connectivity index (χ2n) is 5.58. The van der Waals surface area contributed by atoms with E-state index in [0.29, 0.717) is 31.3 Å². The molecule has 0 radical (unpaired) electrons. The molecule has 0 aliphatic heterocycles. The maximum atomic E-state index is 12.3. The molecule has 0 aromatic rings. The van der Waals surface area contributed by atoms with Crippen LogP contribution in [0.4, 0.5) is 0 Å². The van der Waals surface area contributed by atoms with Crippen molar-refractivity contribution in [2.45, 2.75) is 39.5 Å². The summed E-state index contributed by atoms with van der Waals surface area (Å²) in [5.41, 5.74) is 1.63. The van der Waals surface area contributed by atoms with Crippen LogP contribution in [0.5, 0.6) is 0 Å². The van der Waals surface area contributed by atoms with E-state index in [1.807, 2.05) is 6.92 Å². The lowest BCUT2D eigenvalue weighted by atomic mass is 9.60. The van der Waals surface area contributed by atoms with Crippen LogP contribution in [0.3, 0.4) is 0 Å². The highest BCUT2D eigenvalue weighted by Crippen LogP contribution is 2.49. The van der Waals surface area contributed by atoms with E-state index in [9.17, 15) is 14.4 Å². The average molecular weight is 246 g/mol. The third-order valence-electron chi connectivity index (χ3n) is 4.56. The Labute approximate surface area is 107 Å². The van der Waals surface area contributed by atoms with Gasteiger partial charge in [-0.1, -0.05) is 6.58 Å². The van der Waals surface area contributed by atoms with Crippen LogP contribution in [0, 0.1) is 11.3 Å². The Morgan fingerprint density at radius 2 is 2.06 bits per heavy atom. The van der Waals surface area contributed by atoms with E-state index in [-0.39, 0.29) is 17.5 Å². The molecule has 0 saturated heterocycles. The Hall–Kier alpha value is -1.51. The number of hydrogen-bond acceptors (Lipinski definition) is 3. The number of Topliss-reactive ketones (excluding diaryl/α,β-unsaturated/α-hetero) is 2. The molecule has 0 spiro atoms. The minimum atomic E-state index is -0.488. The third kappa shape index (κ3) is 1.78. The van der Waals surface area contributed by atoms with Gasteiger partial charge in [0, 0.05) is 18.3 Å².